The fourth-order valence-corrected chi connectivity index (χ4v) is 2.80. The molecule has 2 rings (SSSR count). The van der Waals surface area contributed by atoms with Gasteiger partial charge in [0, 0.05) is 10.0 Å². The number of hydrogen-bond donors (Lipinski definition) is 1. The standard InChI is InChI=1S/C17H19Cl2N/c1-3-9-20-17(13-6-4-5-12(2)10-13)15-8-7-14(18)11-16(15)19/h4-8,10-11,17,20H,3,9H2,1-2H3. The summed E-state index contributed by atoms with van der Waals surface area (Å²) < 4.78 is 0. The van der Waals surface area contributed by atoms with E-state index in [1.807, 2.05) is 12.1 Å². The van der Waals surface area contributed by atoms with Crippen LogP contribution >= 0.6 is 23.2 Å². The topological polar surface area (TPSA) is 12.0 Å². The maximum atomic E-state index is 6.37. The Morgan fingerprint density at radius 1 is 1.10 bits per heavy atom. The summed E-state index contributed by atoms with van der Waals surface area (Å²) in [6.07, 6.45) is 1.08. The molecule has 106 valence electrons. The normalized spacial score (nSPS) is 12.4. The monoisotopic (exact) mass is 307 g/mol. The smallest absolute Gasteiger partial charge is 0.0591 e. The van der Waals surface area contributed by atoms with E-state index in [4.69, 9.17) is 23.2 Å². The number of aryl methyl sites for hydroxylation is 1. The van der Waals surface area contributed by atoms with Gasteiger partial charge in [0.1, 0.15) is 0 Å². The molecule has 0 heterocycles. The summed E-state index contributed by atoms with van der Waals surface area (Å²) in [5.74, 6) is 0. The van der Waals surface area contributed by atoms with Crippen molar-refractivity contribution in [3.63, 3.8) is 0 Å². The van der Waals surface area contributed by atoms with E-state index >= 15 is 0 Å². The van der Waals surface area contributed by atoms with Crippen molar-refractivity contribution in [2.45, 2.75) is 26.3 Å². The third kappa shape index (κ3) is 3.76. The van der Waals surface area contributed by atoms with E-state index in [-0.39, 0.29) is 6.04 Å². The first-order chi connectivity index (χ1) is 9.61. The summed E-state index contributed by atoms with van der Waals surface area (Å²) in [5, 5.41) is 4.93. The van der Waals surface area contributed by atoms with Gasteiger partial charge in [0.15, 0.2) is 0 Å². The molecule has 0 spiro atoms. The van der Waals surface area contributed by atoms with Gasteiger partial charge in [0.05, 0.1) is 6.04 Å². The lowest BCUT2D eigenvalue weighted by Crippen LogP contribution is -2.23. The molecule has 0 aliphatic carbocycles. The molecule has 0 saturated carbocycles. The predicted molar refractivity (Wildman–Crippen MR) is 87.8 cm³/mol. The Labute approximate surface area is 130 Å². The van der Waals surface area contributed by atoms with Crippen LogP contribution in [0.15, 0.2) is 42.5 Å². The quantitative estimate of drug-likeness (QED) is 0.780. The van der Waals surface area contributed by atoms with Gasteiger partial charge in [-0.1, -0.05) is 66.0 Å². The van der Waals surface area contributed by atoms with Crippen molar-refractivity contribution in [1.29, 1.82) is 0 Å². The number of hydrogen-bond acceptors (Lipinski definition) is 1. The van der Waals surface area contributed by atoms with Crippen molar-refractivity contribution < 1.29 is 0 Å². The Morgan fingerprint density at radius 3 is 2.55 bits per heavy atom. The van der Waals surface area contributed by atoms with Crippen LogP contribution in [0, 0.1) is 6.92 Å². The Kier molecular flexibility index (Phi) is 5.47. The lowest BCUT2D eigenvalue weighted by Gasteiger charge is -2.21. The molecule has 3 heteroatoms. The molecule has 1 atom stereocenters. The van der Waals surface area contributed by atoms with Gasteiger partial charge in [-0.3, -0.25) is 0 Å². The fourth-order valence-electron chi connectivity index (χ4n) is 2.28. The van der Waals surface area contributed by atoms with E-state index in [9.17, 15) is 0 Å². The van der Waals surface area contributed by atoms with E-state index < -0.39 is 0 Å². The molecule has 1 N–H and O–H groups in total. The van der Waals surface area contributed by atoms with Gasteiger partial charge in [0.2, 0.25) is 0 Å². The van der Waals surface area contributed by atoms with Crippen LogP contribution in [0.3, 0.4) is 0 Å². The van der Waals surface area contributed by atoms with Crippen LogP contribution in [0.2, 0.25) is 10.0 Å². The summed E-state index contributed by atoms with van der Waals surface area (Å²) in [7, 11) is 0. The maximum Gasteiger partial charge on any atom is 0.0591 e. The summed E-state index contributed by atoms with van der Waals surface area (Å²) in [4.78, 5) is 0. The second-order valence-electron chi connectivity index (χ2n) is 4.97. The lowest BCUT2D eigenvalue weighted by atomic mass is 9.97. The van der Waals surface area contributed by atoms with Crippen LogP contribution in [0.1, 0.15) is 36.1 Å². The van der Waals surface area contributed by atoms with Gasteiger partial charge in [0.25, 0.3) is 0 Å². The SMILES string of the molecule is CCCNC(c1cccc(C)c1)c1ccc(Cl)cc1Cl. The first-order valence-electron chi connectivity index (χ1n) is 6.86. The zero-order chi connectivity index (χ0) is 14.5. The van der Waals surface area contributed by atoms with Crippen LogP contribution in [-0.4, -0.2) is 6.54 Å². The largest absolute Gasteiger partial charge is 0.306 e. The molecule has 0 radical (unpaired) electrons. The summed E-state index contributed by atoms with van der Waals surface area (Å²) in [5.41, 5.74) is 3.54. The van der Waals surface area contributed by atoms with Gasteiger partial charge in [-0.05, 0) is 43.1 Å². The van der Waals surface area contributed by atoms with Gasteiger partial charge < -0.3 is 5.32 Å². The molecular weight excluding hydrogens is 289 g/mol. The van der Waals surface area contributed by atoms with Crippen molar-refractivity contribution >= 4 is 23.2 Å². The summed E-state index contributed by atoms with van der Waals surface area (Å²) >= 11 is 12.4. The Morgan fingerprint density at radius 2 is 1.90 bits per heavy atom. The molecule has 1 unspecified atom stereocenters. The Hall–Kier alpha value is -1.02. The highest BCUT2D eigenvalue weighted by Crippen LogP contribution is 2.30. The van der Waals surface area contributed by atoms with Crippen molar-refractivity contribution in [3.8, 4) is 0 Å². The van der Waals surface area contributed by atoms with Gasteiger partial charge in [-0.2, -0.15) is 0 Å². The van der Waals surface area contributed by atoms with Gasteiger partial charge in [-0.15, -0.1) is 0 Å². The van der Waals surface area contributed by atoms with Crippen LogP contribution in [0.5, 0.6) is 0 Å². The highest BCUT2D eigenvalue weighted by Gasteiger charge is 2.16. The third-order valence-electron chi connectivity index (χ3n) is 3.25. The van der Waals surface area contributed by atoms with Gasteiger partial charge >= 0.3 is 0 Å². The third-order valence-corrected chi connectivity index (χ3v) is 3.81. The van der Waals surface area contributed by atoms with E-state index in [1.165, 1.54) is 11.1 Å². The van der Waals surface area contributed by atoms with Crippen LogP contribution in [0.4, 0.5) is 0 Å². The molecule has 0 saturated heterocycles. The van der Waals surface area contributed by atoms with Crippen LogP contribution < -0.4 is 5.32 Å². The highest BCUT2D eigenvalue weighted by atomic mass is 35.5. The van der Waals surface area contributed by atoms with E-state index in [2.05, 4.69) is 43.4 Å². The predicted octanol–water partition coefficient (Wildman–Crippen LogP) is 5.39. The molecule has 20 heavy (non-hydrogen) atoms. The molecule has 0 bridgehead atoms. The second-order valence-corrected chi connectivity index (χ2v) is 5.81. The average molecular weight is 308 g/mol. The molecule has 0 aromatic heterocycles. The number of benzene rings is 2. The molecule has 0 amide bonds. The Bertz CT molecular complexity index is 581. The summed E-state index contributed by atoms with van der Waals surface area (Å²) in [6.45, 7) is 5.20. The molecule has 0 aliphatic rings. The Balaban J connectivity index is 2.41. The first kappa shape index (κ1) is 15.4. The van der Waals surface area contributed by atoms with Crippen molar-refractivity contribution in [2.24, 2.45) is 0 Å². The highest BCUT2D eigenvalue weighted by molar-refractivity contribution is 6.35. The minimum atomic E-state index is 0.0969. The number of halogens is 2. The minimum Gasteiger partial charge on any atom is -0.306 e. The molecule has 2 aromatic carbocycles. The molecule has 2 aromatic rings. The van der Waals surface area contributed by atoms with Crippen LogP contribution in [0.25, 0.3) is 0 Å². The maximum absolute atomic E-state index is 6.37. The second kappa shape index (κ2) is 7.12. The van der Waals surface area contributed by atoms with Crippen molar-refractivity contribution in [2.75, 3.05) is 6.54 Å². The summed E-state index contributed by atoms with van der Waals surface area (Å²) in [6, 6.07) is 14.3. The average Bonchev–Trinajstić information content (AvgIpc) is 2.41. The zero-order valence-corrected chi connectivity index (χ0v) is 13.3. The zero-order valence-electron chi connectivity index (χ0n) is 11.8. The van der Waals surface area contributed by atoms with Crippen LogP contribution in [-0.2, 0) is 0 Å². The number of rotatable bonds is 5. The van der Waals surface area contributed by atoms with E-state index in [0.29, 0.717) is 10.0 Å². The molecular formula is C17H19Cl2N. The first-order valence-corrected chi connectivity index (χ1v) is 7.62. The van der Waals surface area contributed by atoms with Crippen molar-refractivity contribution in [3.05, 3.63) is 69.2 Å². The molecule has 1 nitrogen and oxygen atoms in total. The number of nitrogens with one attached hydrogen (secondary N) is 1. The van der Waals surface area contributed by atoms with E-state index in [1.54, 1.807) is 6.07 Å². The molecule has 0 fully saturated rings. The fraction of sp³-hybridized carbons (Fsp3) is 0.294. The van der Waals surface area contributed by atoms with Gasteiger partial charge in [-0.25, -0.2) is 0 Å². The molecule has 0 aliphatic heterocycles. The lowest BCUT2D eigenvalue weighted by molar-refractivity contribution is 0.598. The minimum absolute atomic E-state index is 0.0969. The van der Waals surface area contributed by atoms with E-state index in [0.717, 1.165) is 18.5 Å². The van der Waals surface area contributed by atoms with Crippen molar-refractivity contribution in [1.82, 2.24) is 5.32 Å².